The molecule has 1 saturated heterocycles. The monoisotopic (exact) mass is 458 g/mol. The maximum atomic E-state index is 12.6. The van der Waals surface area contributed by atoms with Crippen molar-refractivity contribution in [2.24, 2.45) is 5.92 Å². The Bertz CT molecular complexity index is 1280. The molecule has 1 aliphatic carbocycles. The minimum atomic E-state index is -0.0339. The molecule has 0 unspecified atom stereocenters. The largest absolute Gasteiger partial charge is 0.490 e. The van der Waals surface area contributed by atoms with Crippen LogP contribution in [0.15, 0.2) is 40.9 Å². The molecule has 8 nitrogen and oxygen atoms in total. The summed E-state index contributed by atoms with van der Waals surface area (Å²) < 4.78 is 16.5. The van der Waals surface area contributed by atoms with Crippen LogP contribution < -0.4 is 4.74 Å². The molecule has 2 aliphatic rings. The molecule has 34 heavy (non-hydrogen) atoms. The van der Waals surface area contributed by atoms with Crippen molar-refractivity contribution >= 4 is 5.91 Å². The lowest BCUT2D eigenvalue weighted by atomic mass is 10.0. The number of benzene rings is 2. The van der Waals surface area contributed by atoms with Gasteiger partial charge in [0.2, 0.25) is 11.7 Å². The molecule has 1 amide bonds. The van der Waals surface area contributed by atoms with Gasteiger partial charge < -0.3 is 18.9 Å². The average molecular weight is 459 g/mol. The molecule has 3 aromatic rings. The first-order chi connectivity index (χ1) is 16.5. The minimum Gasteiger partial charge on any atom is -0.490 e. The minimum absolute atomic E-state index is 0.0339. The van der Waals surface area contributed by atoms with E-state index in [0.29, 0.717) is 48.2 Å². The molecule has 174 valence electrons. The molecule has 0 saturated carbocycles. The van der Waals surface area contributed by atoms with Gasteiger partial charge in [-0.3, -0.25) is 4.79 Å². The van der Waals surface area contributed by atoms with Crippen molar-refractivity contribution in [1.82, 2.24) is 15.0 Å². The zero-order chi connectivity index (χ0) is 23.8. The van der Waals surface area contributed by atoms with Gasteiger partial charge in [0.25, 0.3) is 5.89 Å². The summed E-state index contributed by atoms with van der Waals surface area (Å²) in [5, 5.41) is 13.8. The van der Waals surface area contributed by atoms with Crippen LogP contribution in [0.5, 0.6) is 5.75 Å². The van der Waals surface area contributed by atoms with Crippen molar-refractivity contribution in [2.45, 2.75) is 38.8 Å². The fraction of sp³-hybridized carbons (Fsp3) is 0.385. The smallest absolute Gasteiger partial charge is 0.258 e. The lowest BCUT2D eigenvalue weighted by molar-refractivity contribution is -0.129. The van der Waals surface area contributed by atoms with Crippen LogP contribution in [0, 0.1) is 17.2 Å². The molecule has 0 N–H and O–H groups in total. The van der Waals surface area contributed by atoms with E-state index in [0.717, 1.165) is 23.1 Å². The Morgan fingerprint density at radius 2 is 2.12 bits per heavy atom. The number of likely N-dealkylation sites (tertiary alicyclic amines) is 1. The first-order valence-corrected chi connectivity index (χ1v) is 11.5. The number of nitriles is 1. The van der Waals surface area contributed by atoms with E-state index >= 15 is 0 Å². The van der Waals surface area contributed by atoms with Gasteiger partial charge >= 0.3 is 0 Å². The summed E-state index contributed by atoms with van der Waals surface area (Å²) in [6.07, 6.45) is 1.31. The molecule has 0 spiro atoms. The number of hydrogen-bond acceptors (Lipinski definition) is 7. The second-order valence-corrected chi connectivity index (χ2v) is 8.98. The van der Waals surface area contributed by atoms with Gasteiger partial charge in [-0.25, -0.2) is 0 Å². The van der Waals surface area contributed by atoms with E-state index in [1.54, 1.807) is 19.2 Å². The molecule has 2 heterocycles. The fourth-order valence-electron chi connectivity index (χ4n) is 5.06. The van der Waals surface area contributed by atoms with E-state index in [-0.39, 0.29) is 24.0 Å². The quantitative estimate of drug-likeness (QED) is 0.524. The van der Waals surface area contributed by atoms with E-state index < -0.39 is 0 Å². The summed E-state index contributed by atoms with van der Waals surface area (Å²) in [6, 6.07) is 13.6. The Morgan fingerprint density at radius 1 is 1.26 bits per heavy atom. The maximum Gasteiger partial charge on any atom is 0.258 e. The summed E-state index contributed by atoms with van der Waals surface area (Å²) in [6.45, 7) is 4.94. The third-order valence-corrected chi connectivity index (χ3v) is 6.45. The van der Waals surface area contributed by atoms with E-state index in [4.69, 9.17) is 14.0 Å². The van der Waals surface area contributed by atoms with Crippen molar-refractivity contribution in [3.8, 4) is 34.7 Å². The van der Waals surface area contributed by atoms with Gasteiger partial charge in [-0.15, -0.1) is 0 Å². The van der Waals surface area contributed by atoms with Gasteiger partial charge in [0.1, 0.15) is 11.8 Å². The van der Waals surface area contributed by atoms with Crippen LogP contribution in [0.1, 0.15) is 43.0 Å². The average Bonchev–Trinajstić information content (AvgIpc) is 3.51. The summed E-state index contributed by atoms with van der Waals surface area (Å²) in [7, 11) is 1.65. The van der Waals surface area contributed by atoms with Crippen molar-refractivity contribution in [2.75, 3.05) is 20.3 Å². The number of carbonyl (C=O) groups excluding carboxylic acids is 1. The van der Waals surface area contributed by atoms with Gasteiger partial charge in [0.15, 0.2) is 0 Å². The summed E-state index contributed by atoms with van der Waals surface area (Å²) in [5.74, 6) is 1.81. The lowest BCUT2D eigenvalue weighted by Gasteiger charge is -2.25. The molecule has 0 bridgehead atoms. The number of rotatable bonds is 7. The molecule has 2 aromatic carbocycles. The van der Waals surface area contributed by atoms with E-state index in [1.807, 2.05) is 36.9 Å². The zero-order valence-corrected chi connectivity index (χ0v) is 19.4. The normalized spacial score (nSPS) is 18.8. The molecular weight excluding hydrogens is 432 g/mol. The van der Waals surface area contributed by atoms with Gasteiger partial charge in [0, 0.05) is 31.2 Å². The molecule has 1 aliphatic heterocycles. The number of amides is 1. The topological polar surface area (TPSA) is 101 Å². The van der Waals surface area contributed by atoms with Crippen LogP contribution in [-0.2, 0) is 16.0 Å². The predicted octanol–water partition coefficient (Wildman–Crippen LogP) is 4.15. The van der Waals surface area contributed by atoms with Crippen molar-refractivity contribution < 1.29 is 18.8 Å². The highest BCUT2D eigenvalue weighted by atomic mass is 16.5. The van der Waals surface area contributed by atoms with Gasteiger partial charge in [-0.05, 0) is 55.5 Å². The molecule has 1 fully saturated rings. The number of hydrogen-bond donors (Lipinski definition) is 0. The van der Waals surface area contributed by atoms with Crippen LogP contribution in [-0.4, -0.2) is 47.3 Å². The van der Waals surface area contributed by atoms with Crippen molar-refractivity contribution in [1.29, 1.82) is 5.26 Å². The number of nitrogens with zero attached hydrogens (tertiary/aromatic N) is 4. The van der Waals surface area contributed by atoms with Crippen LogP contribution in [0.3, 0.4) is 0 Å². The molecule has 1 aromatic heterocycles. The number of methoxy groups -OCH3 is 1. The van der Waals surface area contributed by atoms with Gasteiger partial charge in [-0.1, -0.05) is 23.4 Å². The fourth-order valence-corrected chi connectivity index (χ4v) is 5.06. The second kappa shape index (κ2) is 8.92. The Hall–Kier alpha value is -3.70. The first kappa shape index (κ1) is 22.1. The highest BCUT2D eigenvalue weighted by Gasteiger charge is 2.46. The van der Waals surface area contributed by atoms with Crippen LogP contribution in [0.25, 0.3) is 22.8 Å². The second-order valence-electron chi connectivity index (χ2n) is 8.98. The zero-order valence-electron chi connectivity index (χ0n) is 19.4. The third kappa shape index (κ3) is 3.82. The van der Waals surface area contributed by atoms with Gasteiger partial charge in [-0.2, -0.15) is 10.2 Å². The van der Waals surface area contributed by atoms with E-state index in [1.165, 1.54) is 0 Å². The molecule has 0 radical (unpaired) electrons. The standard InChI is InChI=1S/C26H26N4O4/c1-15(2)33-22-8-7-16(11-18(22)14-27)26-28-25(29-34-26)20-6-4-5-19-21(20)12-17-13-23(31)30(24(17)19)9-10-32-3/h4-8,11,15,17,24H,9-10,12-13H2,1-3H3/t17-,24+/m1/s1. The SMILES string of the molecule is COCCN1C(=O)C[C@H]2Cc3c(-c4noc(-c5ccc(OC(C)C)c(C#N)c5)n4)cccc3[C@H]21. The number of carbonyl (C=O) groups is 1. The highest BCUT2D eigenvalue weighted by Crippen LogP contribution is 2.49. The summed E-state index contributed by atoms with van der Waals surface area (Å²) >= 11 is 0. The number of fused-ring (bicyclic) bond motifs is 3. The van der Waals surface area contributed by atoms with E-state index in [2.05, 4.69) is 22.3 Å². The van der Waals surface area contributed by atoms with Crippen molar-refractivity contribution in [3.63, 3.8) is 0 Å². The highest BCUT2D eigenvalue weighted by molar-refractivity contribution is 5.81. The van der Waals surface area contributed by atoms with Crippen LogP contribution in [0.4, 0.5) is 0 Å². The Balaban J connectivity index is 1.46. The Morgan fingerprint density at radius 3 is 2.88 bits per heavy atom. The van der Waals surface area contributed by atoms with Crippen LogP contribution in [0.2, 0.25) is 0 Å². The maximum absolute atomic E-state index is 12.6. The van der Waals surface area contributed by atoms with Crippen LogP contribution >= 0.6 is 0 Å². The third-order valence-electron chi connectivity index (χ3n) is 6.45. The summed E-state index contributed by atoms with van der Waals surface area (Å²) in [5.41, 5.74) is 4.31. The summed E-state index contributed by atoms with van der Waals surface area (Å²) in [4.78, 5) is 19.1. The number of ether oxygens (including phenoxy) is 2. The Labute approximate surface area is 198 Å². The molecular formula is C26H26N4O4. The Kier molecular flexibility index (Phi) is 5.80. The lowest BCUT2D eigenvalue weighted by Crippen LogP contribution is -2.31. The molecule has 8 heteroatoms. The molecule has 5 rings (SSSR count). The van der Waals surface area contributed by atoms with Gasteiger partial charge in [0.05, 0.1) is 24.3 Å². The number of aromatic nitrogens is 2. The predicted molar refractivity (Wildman–Crippen MR) is 124 cm³/mol. The van der Waals surface area contributed by atoms with Crippen molar-refractivity contribution in [3.05, 3.63) is 53.1 Å². The molecule has 2 atom stereocenters. The van der Waals surface area contributed by atoms with E-state index in [9.17, 15) is 10.1 Å². The first-order valence-electron chi connectivity index (χ1n) is 11.5.